The lowest BCUT2D eigenvalue weighted by atomic mass is 9.89. The molecule has 2 aromatic heterocycles. The van der Waals surface area contributed by atoms with E-state index in [1.165, 1.54) is 0 Å². The molecule has 2 aliphatic heterocycles. The number of aromatic nitrogens is 5. The Hall–Kier alpha value is -1.96. The van der Waals surface area contributed by atoms with E-state index in [9.17, 15) is 0 Å². The Morgan fingerprint density at radius 2 is 2.22 bits per heavy atom. The van der Waals surface area contributed by atoms with Crippen molar-refractivity contribution in [1.82, 2.24) is 25.3 Å². The molecule has 4 heterocycles. The largest absolute Gasteiger partial charge is 0.374 e. The molecule has 2 saturated heterocycles. The van der Waals surface area contributed by atoms with E-state index in [0.29, 0.717) is 23.6 Å². The number of ether oxygens (including phenoxy) is 1. The molecule has 8 nitrogen and oxygen atoms in total. The van der Waals surface area contributed by atoms with Crippen LogP contribution in [0.25, 0.3) is 11.7 Å². The Morgan fingerprint density at radius 1 is 1.28 bits per heavy atom. The Bertz CT molecular complexity index is 578. The number of nitrogens with zero attached hydrogens (tertiary/aromatic N) is 4. The Labute approximate surface area is 102 Å². The molecule has 3 N–H and O–H groups in total. The van der Waals surface area contributed by atoms with Crippen molar-refractivity contribution in [2.75, 3.05) is 5.73 Å². The maximum Gasteiger partial charge on any atom is 0.295 e. The van der Waals surface area contributed by atoms with Crippen LogP contribution in [0, 0.1) is 0 Å². The SMILES string of the molecule is Nc1n[nH]c(-c2nc(C3CC4CCC3O4)no2)n1. The summed E-state index contributed by atoms with van der Waals surface area (Å²) in [5.41, 5.74) is 5.43. The third-order valence-corrected chi connectivity index (χ3v) is 3.58. The van der Waals surface area contributed by atoms with E-state index in [2.05, 4.69) is 25.3 Å². The first-order valence-corrected chi connectivity index (χ1v) is 5.97. The van der Waals surface area contributed by atoms with E-state index in [-0.39, 0.29) is 18.0 Å². The topological polar surface area (TPSA) is 116 Å². The third kappa shape index (κ3) is 1.42. The van der Waals surface area contributed by atoms with Crippen molar-refractivity contribution in [2.45, 2.75) is 37.4 Å². The molecule has 0 radical (unpaired) electrons. The first-order valence-electron chi connectivity index (χ1n) is 5.97. The van der Waals surface area contributed by atoms with Crippen LogP contribution in [0.15, 0.2) is 4.52 Å². The van der Waals surface area contributed by atoms with Gasteiger partial charge in [0.2, 0.25) is 11.8 Å². The highest BCUT2D eigenvalue weighted by atomic mass is 16.5. The van der Waals surface area contributed by atoms with Gasteiger partial charge in [-0.25, -0.2) is 0 Å². The van der Waals surface area contributed by atoms with Crippen molar-refractivity contribution >= 4 is 5.95 Å². The zero-order chi connectivity index (χ0) is 12.1. The van der Waals surface area contributed by atoms with E-state index in [0.717, 1.165) is 19.3 Å². The van der Waals surface area contributed by atoms with Crippen molar-refractivity contribution in [3.05, 3.63) is 5.82 Å². The highest BCUT2D eigenvalue weighted by Crippen LogP contribution is 2.43. The molecule has 2 aliphatic rings. The molecule has 3 unspecified atom stereocenters. The van der Waals surface area contributed by atoms with Crippen molar-refractivity contribution in [1.29, 1.82) is 0 Å². The van der Waals surface area contributed by atoms with Gasteiger partial charge in [0.15, 0.2) is 5.82 Å². The van der Waals surface area contributed by atoms with E-state index >= 15 is 0 Å². The summed E-state index contributed by atoms with van der Waals surface area (Å²) in [6.45, 7) is 0. The van der Waals surface area contributed by atoms with Crippen LogP contribution in [0.5, 0.6) is 0 Å². The molecular formula is C10H12N6O2. The Morgan fingerprint density at radius 3 is 2.89 bits per heavy atom. The molecule has 0 aliphatic carbocycles. The number of hydrogen-bond acceptors (Lipinski definition) is 7. The second kappa shape index (κ2) is 3.52. The molecule has 2 fully saturated rings. The van der Waals surface area contributed by atoms with Crippen LogP contribution in [-0.4, -0.2) is 37.5 Å². The predicted octanol–water partition coefficient (Wildman–Crippen LogP) is 0.472. The minimum Gasteiger partial charge on any atom is -0.374 e. The first-order chi connectivity index (χ1) is 8.79. The predicted molar refractivity (Wildman–Crippen MR) is 59.3 cm³/mol. The summed E-state index contributed by atoms with van der Waals surface area (Å²) in [6, 6.07) is 0. The maximum absolute atomic E-state index is 5.78. The van der Waals surface area contributed by atoms with Gasteiger partial charge in [-0.2, -0.15) is 9.97 Å². The molecule has 0 spiro atoms. The van der Waals surface area contributed by atoms with Crippen molar-refractivity contribution in [2.24, 2.45) is 0 Å². The van der Waals surface area contributed by atoms with Gasteiger partial charge in [0.1, 0.15) is 0 Å². The van der Waals surface area contributed by atoms with E-state index in [1.807, 2.05) is 0 Å². The molecule has 2 aromatic rings. The van der Waals surface area contributed by atoms with E-state index in [4.69, 9.17) is 15.0 Å². The zero-order valence-electron chi connectivity index (χ0n) is 9.54. The maximum atomic E-state index is 5.78. The molecule has 2 bridgehead atoms. The van der Waals surface area contributed by atoms with Gasteiger partial charge in [-0.3, -0.25) is 5.10 Å². The zero-order valence-corrected chi connectivity index (χ0v) is 9.54. The minimum atomic E-state index is 0.160. The number of nitrogens with one attached hydrogen (secondary N) is 1. The highest BCUT2D eigenvalue weighted by Gasteiger charge is 2.43. The number of H-pyrrole nitrogens is 1. The van der Waals surface area contributed by atoms with Crippen LogP contribution in [-0.2, 0) is 4.74 Å². The van der Waals surface area contributed by atoms with Crippen LogP contribution in [0.2, 0.25) is 0 Å². The summed E-state index contributed by atoms with van der Waals surface area (Å²) in [7, 11) is 0. The van der Waals surface area contributed by atoms with Crippen LogP contribution >= 0.6 is 0 Å². The Balaban J connectivity index is 1.62. The van der Waals surface area contributed by atoms with Crippen LogP contribution < -0.4 is 5.73 Å². The number of rotatable bonds is 2. The average Bonchev–Trinajstić information content (AvgIpc) is 3.12. The summed E-state index contributed by atoms with van der Waals surface area (Å²) in [5, 5.41) is 10.4. The van der Waals surface area contributed by atoms with Crippen molar-refractivity contribution in [3.8, 4) is 11.7 Å². The quantitative estimate of drug-likeness (QED) is 0.793. The molecule has 0 aromatic carbocycles. The van der Waals surface area contributed by atoms with E-state index < -0.39 is 0 Å². The molecule has 18 heavy (non-hydrogen) atoms. The summed E-state index contributed by atoms with van der Waals surface area (Å²) in [5.74, 6) is 1.80. The van der Waals surface area contributed by atoms with Crippen LogP contribution in [0.1, 0.15) is 31.0 Å². The monoisotopic (exact) mass is 248 g/mol. The normalized spacial score (nSPS) is 30.1. The van der Waals surface area contributed by atoms with Gasteiger partial charge in [-0.1, -0.05) is 5.16 Å². The highest BCUT2D eigenvalue weighted by molar-refractivity contribution is 5.41. The molecule has 0 amide bonds. The van der Waals surface area contributed by atoms with Crippen molar-refractivity contribution in [3.63, 3.8) is 0 Å². The minimum absolute atomic E-state index is 0.160. The summed E-state index contributed by atoms with van der Waals surface area (Å²) >= 11 is 0. The smallest absolute Gasteiger partial charge is 0.295 e. The van der Waals surface area contributed by atoms with Gasteiger partial charge in [0.25, 0.3) is 5.89 Å². The molecule has 3 atom stereocenters. The Kier molecular flexibility index (Phi) is 1.95. The van der Waals surface area contributed by atoms with Gasteiger partial charge >= 0.3 is 0 Å². The fourth-order valence-electron chi connectivity index (χ4n) is 2.76. The molecule has 94 valence electrons. The fourth-order valence-corrected chi connectivity index (χ4v) is 2.76. The van der Waals surface area contributed by atoms with E-state index in [1.54, 1.807) is 0 Å². The van der Waals surface area contributed by atoms with Gasteiger partial charge in [0, 0.05) is 0 Å². The number of nitrogen functional groups attached to an aromatic ring is 1. The van der Waals surface area contributed by atoms with Crippen LogP contribution in [0.3, 0.4) is 0 Å². The number of hydrogen-bond donors (Lipinski definition) is 2. The van der Waals surface area contributed by atoms with Gasteiger partial charge in [0.05, 0.1) is 18.1 Å². The van der Waals surface area contributed by atoms with Gasteiger partial charge in [-0.05, 0) is 19.3 Å². The fraction of sp³-hybridized carbons (Fsp3) is 0.600. The number of nitrogens with two attached hydrogens (primary N) is 1. The van der Waals surface area contributed by atoms with Crippen LogP contribution in [0.4, 0.5) is 5.95 Å². The summed E-state index contributed by atoms with van der Waals surface area (Å²) in [6.07, 6.45) is 3.80. The lowest BCUT2D eigenvalue weighted by Gasteiger charge is -2.13. The van der Waals surface area contributed by atoms with Gasteiger partial charge < -0.3 is 15.0 Å². The first kappa shape index (κ1) is 10.0. The number of anilines is 1. The molecular weight excluding hydrogens is 236 g/mol. The molecule has 0 saturated carbocycles. The lowest BCUT2D eigenvalue weighted by molar-refractivity contribution is 0.0996. The average molecular weight is 248 g/mol. The van der Waals surface area contributed by atoms with Crippen molar-refractivity contribution < 1.29 is 9.26 Å². The third-order valence-electron chi connectivity index (χ3n) is 3.58. The lowest BCUT2D eigenvalue weighted by Crippen LogP contribution is -2.15. The molecule has 8 heteroatoms. The second-order valence-corrected chi connectivity index (χ2v) is 4.72. The molecule has 4 rings (SSSR count). The summed E-state index contributed by atoms with van der Waals surface area (Å²) < 4.78 is 11.0. The summed E-state index contributed by atoms with van der Waals surface area (Å²) in [4.78, 5) is 8.30. The standard InChI is InChI=1S/C10H12N6O2/c11-10-13-8(14-15-10)9-12-7(16-18-9)5-3-4-1-2-6(5)17-4/h4-6H,1-3H2,(H3,11,13,14,15). The second-order valence-electron chi connectivity index (χ2n) is 4.72. The number of fused-ring (bicyclic) bond motifs is 2. The van der Waals surface area contributed by atoms with Gasteiger partial charge in [-0.15, -0.1) is 5.10 Å². The number of aromatic amines is 1.